The quantitative estimate of drug-likeness (QED) is 0.194. The van der Waals surface area contributed by atoms with Crippen molar-refractivity contribution in [2.75, 3.05) is 12.0 Å². The molecular formula is C24H44N2. The van der Waals surface area contributed by atoms with Crippen molar-refractivity contribution in [1.82, 2.24) is 5.43 Å². The van der Waals surface area contributed by atoms with Gasteiger partial charge in [0.1, 0.15) is 0 Å². The third-order valence-electron chi connectivity index (χ3n) is 5.16. The van der Waals surface area contributed by atoms with E-state index in [0.29, 0.717) is 0 Å². The molecule has 0 saturated carbocycles. The van der Waals surface area contributed by atoms with E-state index in [1.54, 1.807) is 0 Å². The van der Waals surface area contributed by atoms with Gasteiger partial charge in [-0.2, -0.15) is 0 Å². The number of benzene rings is 1. The number of unbranched alkanes of at least 4 members (excludes halogenated alkanes) is 15. The van der Waals surface area contributed by atoms with E-state index in [1.165, 1.54) is 103 Å². The zero-order valence-corrected chi connectivity index (χ0v) is 17.4. The van der Waals surface area contributed by atoms with Crippen LogP contribution in [0.25, 0.3) is 0 Å². The second-order valence-electron chi connectivity index (χ2n) is 7.72. The Bertz CT molecular complexity index is 377. The molecule has 0 bridgehead atoms. The van der Waals surface area contributed by atoms with Gasteiger partial charge in [0.05, 0.1) is 0 Å². The molecule has 0 unspecified atom stereocenters. The minimum atomic E-state index is 1.05. The summed E-state index contributed by atoms with van der Waals surface area (Å²) in [5, 5.41) is 0. The lowest BCUT2D eigenvalue weighted by atomic mass is 10.0. The highest BCUT2D eigenvalue weighted by atomic mass is 15.3. The average molecular weight is 361 g/mol. The van der Waals surface area contributed by atoms with Gasteiger partial charge in [-0.05, 0) is 18.6 Å². The van der Waals surface area contributed by atoms with Crippen LogP contribution in [0, 0.1) is 0 Å². The number of hydrogen-bond donors (Lipinski definition) is 2. The number of nitrogens with one attached hydrogen (secondary N) is 2. The molecule has 0 fully saturated rings. The van der Waals surface area contributed by atoms with E-state index in [4.69, 9.17) is 0 Å². The molecule has 2 heteroatoms. The fourth-order valence-electron chi connectivity index (χ4n) is 3.45. The molecule has 1 aromatic carbocycles. The first kappa shape index (κ1) is 23.0. The van der Waals surface area contributed by atoms with E-state index in [9.17, 15) is 0 Å². The van der Waals surface area contributed by atoms with Gasteiger partial charge in [0.15, 0.2) is 0 Å². The fraction of sp³-hybridized carbons (Fsp3) is 0.750. The fourth-order valence-corrected chi connectivity index (χ4v) is 3.45. The van der Waals surface area contributed by atoms with Crippen LogP contribution in [-0.4, -0.2) is 6.54 Å². The van der Waals surface area contributed by atoms with Gasteiger partial charge in [0.2, 0.25) is 0 Å². The number of anilines is 1. The summed E-state index contributed by atoms with van der Waals surface area (Å²) in [4.78, 5) is 0. The molecule has 0 atom stereocenters. The lowest BCUT2D eigenvalue weighted by Crippen LogP contribution is -2.22. The topological polar surface area (TPSA) is 24.1 Å². The molecule has 0 amide bonds. The molecule has 0 spiro atoms. The molecule has 150 valence electrons. The monoisotopic (exact) mass is 360 g/mol. The summed E-state index contributed by atoms with van der Waals surface area (Å²) >= 11 is 0. The van der Waals surface area contributed by atoms with Crippen LogP contribution in [0.2, 0.25) is 0 Å². The third kappa shape index (κ3) is 15.3. The SMILES string of the molecule is CCCCCCCCCCCCCCCCCCNNc1ccccc1. The van der Waals surface area contributed by atoms with Gasteiger partial charge in [-0.15, -0.1) is 0 Å². The second-order valence-corrected chi connectivity index (χ2v) is 7.72. The zero-order chi connectivity index (χ0) is 18.5. The van der Waals surface area contributed by atoms with Gasteiger partial charge in [-0.25, -0.2) is 5.43 Å². The Hall–Kier alpha value is -1.02. The molecule has 0 saturated heterocycles. The highest BCUT2D eigenvalue weighted by Gasteiger charge is 1.95. The summed E-state index contributed by atoms with van der Waals surface area (Å²) in [6, 6.07) is 10.3. The summed E-state index contributed by atoms with van der Waals surface area (Å²) in [5.74, 6) is 0. The minimum Gasteiger partial charge on any atom is -0.322 e. The van der Waals surface area contributed by atoms with Crippen molar-refractivity contribution in [3.63, 3.8) is 0 Å². The van der Waals surface area contributed by atoms with Gasteiger partial charge >= 0.3 is 0 Å². The Labute approximate surface area is 163 Å². The standard InChI is InChI=1S/C24H44N2/c1-2-3-4-5-6-7-8-9-10-11-12-13-14-15-16-20-23-25-26-24-21-18-17-19-22-24/h17-19,21-22,25-26H,2-16,20,23H2,1H3. The van der Waals surface area contributed by atoms with Crippen LogP contribution in [0.4, 0.5) is 5.69 Å². The van der Waals surface area contributed by atoms with Crippen LogP contribution in [0.15, 0.2) is 30.3 Å². The van der Waals surface area contributed by atoms with Crippen LogP contribution in [0.5, 0.6) is 0 Å². The molecule has 0 aliphatic carbocycles. The van der Waals surface area contributed by atoms with E-state index < -0.39 is 0 Å². The molecule has 0 aliphatic rings. The maximum absolute atomic E-state index is 3.30. The van der Waals surface area contributed by atoms with Crippen molar-refractivity contribution in [3.8, 4) is 0 Å². The molecule has 1 aromatic rings. The van der Waals surface area contributed by atoms with Crippen molar-refractivity contribution in [3.05, 3.63) is 30.3 Å². The third-order valence-corrected chi connectivity index (χ3v) is 5.16. The molecular weight excluding hydrogens is 316 g/mol. The normalized spacial score (nSPS) is 11.0. The number of para-hydroxylation sites is 1. The first-order valence-corrected chi connectivity index (χ1v) is 11.5. The smallest absolute Gasteiger partial charge is 0.0487 e. The van der Waals surface area contributed by atoms with E-state index >= 15 is 0 Å². The van der Waals surface area contributed by atoms with E-state index in [-0.39, 0.29) is 0 Å². The summed E-state index contributed by atoms with van der Waals surface area (Å²) in [7, 11) is 0. The largest absolute Gasteiger partial charge is 0.322 e. The van der Waals surface area contributed by atoms with E-state index in [1.807, 2.05) is 6.07 Å². The number of rotatable bonds is 19. The van der Waals surface area contributed by atoms with E-state index in [0.717, 1.165) is 12.2 Å². The lowest BCUT2D eigenvalue weighted by molar-refractivity contribution is 0.528. The molecule has 0 heterocycles. The molecule has 0 aromatic heterocycles. The molecule has 2 N–H and O–H groups in total. The predicted octanol–water partition coefficient (Wildman–Crippen LogP) is 7.86. The Morgan fingerprint density at radius 1 is 0.538 bits per heavy atom. The van der Waals surface area contributed by atoms with Crippen LogP contribution in [-0.2, 0) is 0 Å². The van der Waals surface area contributed by atoms with Gasteiger partial charge in [-0.3, -0.25) is 0 Å². The van der Waals surface area contributed by atoms with Gasteiger partial charge in [-0.1, -0.05) is 121 Å². The molecule has 0 radical (unpaired) electrons. The highest BCUT2D eigenvalue weighted by molar-refractivity contribution is 5.41. The number of hydrazine groups is 1. The molecule has 0 aliphatic heterocycles. The predicted molar refractivity (Wildman–Crippen MR) is 118 cm³/mol. The lowest BCUT2D eigenvalue weighted by Gasteiger charge is -2.08. The van der Waals surface area contributed by atoms with Gasteiger partial charge in [0.25, 0.3) is 0 Å². The van der Waals surface area contributed by atoms with Crippen molar-refractivity contribution in [2.24, 2.45) is 0 Å². The molecule has 26 heavy (non-hydrogen) atoms. The summed E-state index contributed by atoms with van der Waals surface area (Å²) in [6.45, 7) is 3.34. The molecule has 2 nitrogen and oxygen atoms in total. The van der Waals surface area contributed by atoms with Crippen LogP contribution >= 0.6 is 0 Å². The average Bonchev–Trinajstić information content (AvgIpc) is 2.68. The minimum absolute atomic E-state index is 1.05. The van der Waals surface area contributed by atoms with Crippen molar-refractivity contribution in [1.29, 1.82) is 0 Å². The highest BCUT2D eigenvalue weighted by Crippen LogP contribution is 2.13. The Morgan fingerprint density at radius 2 is 0.962 bits per heavy atom. The number of hydrogen-bond acceptors (Lipinski definition) is 2. The Kier molecular flexibility index (Phi) is 16.6. The van der Waals surface area contributed by atoms with Crippen molar-refractivity contribution >= 4 is 5.69 Å². The van der Waals surface area contributed by atoms with Gasteiger partial charge in [0, 0.05) is 12.2 Å². The van der Waals surface area contributed by atoms with Crippen molar-refractivity contribution in [2.45, 2.75) is 110 Å². The Morgan fingerprint density at radius 3 is 1.42 bits per heavy atom. The Balaban J connectivity index is 1.68. The van der Waals surface area contributed by atoms with Gasteiger partial charge < -0.3 is 5.43 Å². The first-order valence-electron chi connectivity index (χ1n) is 11.5. The zero-order valence-electron chi connectivity index (χ0n) is 17.4. The second kappa shape index (κ2) is 18.8. The van der Waals surface area contributed by atoms with Crippen molar-refractivity contribution < 1.29 is 0 Å². The summed E-state index contributed by atoms with van der Waals surface area (Å²) in [6.07, 6.45) is 22.8. The van der Waals surface area contributed by atoms with Crippen LogP contribution in [0.1, 0.15) is 110 Å². The summed E-state index contributed by atoms with van der Waals surface area (Å²) < 4.78 is 0. The maximum Gasteiger partial charge on any atom is 0.0487 e. The van der Waals surface area contributed by atoms with E-state index in [2.05, 4.69) is 42.0 Å². The maximum atomic E-state index is 3.30. The van der Waals surface area contributed by atoms with Crippen LogP contribution in [0.3, 0.4) is 0 Å². The first-order chi connectivity index (χ1) is 12.9. The summed E-state index contributed by atoms with van der Waals surface area (Å²) in [5.41, 5.74) is 7.69. The molecule has 1 rings (SSSR count). The van der Waals surface area contributed by atoms with Crippen LogP contribution < -0.4 is 10.9 Å².